The number of aryl methyl sites for hydroxylation is 2. The van der Waals surface area contributed by atoms with E-state index in [9.17, 15) is 14.3 Å². The average Bonchev–Trinajstić information content (AvgIpc) is 3.87. The van der Waals surface area contributed by atoms with Crippen LogP contribution in [0.5, 0.6) is 11.8 Å². The maximum atomic E-state index is 15.0. The smallest absolute Gasteiger partial charge is 0.318 e. The molecule has 12 heteroatoms. The van der Waals surface area contributed by atoms with Crippen LogP contribution in [0.4, 0.5) is 20.3 Å². The van der Waals surface area contributed by atoms with Crippen LogP contribution in [0.1, 0.15) is 59.9 Å². The van der Waals surface area contributed by atoms with E-state index in [-0.39, 0.29) is 34.9 Å². The lowest BCUT2D eigenvalue weighted by atomic mass is 9.95. The molecule has 2 aromatic carbocycles. The summed E-state index contributed by atoms with van der Waals surface area (Å²) >= 11 is 0. The van der Waals surface area contributed by atoms with E-state index in [1.165, 1.54) is 10.7 Å². The molecule has 10 nitrogen and oxygen atoms in total. The summed E-state index contributed by atoms with van der Waals surface area (Å²) in [6, 6.07) is 8.63. The molecule has 4 aliphatic rings. The molecular weight excluding hydrogens is 616 g/mol. The zero-order chi connectivity index (χ0) is 33.2. The first kappa shape index (κ1) is 31.0. The molecule has 0 saturated carbocycles. The molecule has 4 aliphatic heterocycles. The predicted molar refractivity (Wildman–Crippen MR) is 178 cm³/mol. The Hall–Kier alpha value is -4.32. The van der Waals surface area contributed by atoms with Crippen molar-refractivity contribution in [1.82, 2.24) is 24.6 Å². The maximum absolute atomic E-state index is 15.0. The number of phenolic OH excluding ortho intramolecular Hbond substituents is 1. The number of aromatic nitrogens is 4. The third kappa shape index (κ3) is 5.34. The standard InChI is InChI=1S/C36H41F2N7O3/c1-3-27-29(38)6-5-23-15-26(46)16-31(32(23)27)42-13-9-28-30(20-42)39-35(48-21-36-10-4-11-44(36)19-25(37)17-36)40-33(28)43-12-8-24(18-43)34(47)45-14-7-22(2)41-45/h5-7,14-16,24-25,46H,3-4,8-13,17-21H2,1-2H3/t24?,25-,36+/m1/s1. The summed E-state index contributed by atoms with van der Waals surface area (Å²) < 4.78 is 37.4. The van der Waals surface area contributed by atoms with Gasteiger partial charge < -0.3 is 19.6 Å². The van der Waals surface area contributed by atoms with Crippen LogP contribution in [-0.4, -0.2) is 86.7 Å². The quantitative estimate of drug-likeness (QED) is 0.287. The second-order valence-electron chi connectivity index (χ2n) is 13.9. The highest BCUT2D eigenvalue weighted by atomic mass is 19.1. The molecule has 4 aromatic rings. The Kier molecular flexibility index (Phi) is 7.73. The summed E-state index contributed by atoms with van der Waals surface area (Å²) in [4.78, 5) is 29.7. The Labute approximate surface area is 278 Å². The summed E-state index contributed by atoms with van der Waals surface area (Å²) in [5.41, 5.74) is 3.61. The molecule has 0 amide bonds. The molecule has 3 fully saturated rings. The molecule has 6 heterocycles. The van der Waals surface area contributed by atoms with Crippen LogP contribution in [0.15, 0.2) is 36.5 Å². The second kappa shape index (κ2) is 12.0. The van der Waals surface area contributed by atoms with Crippen molar-refractivity contribution in [3.8, 4) is 11.8 Å². The number of anilines is 2. The third-order valence-electron chi connectivity index (χ3n) is 10.9. The molecule has 2 aromatic heterocycles. The zero-order valence-corrected chi connectivity index (χ0v) is 27.5. The number of hydrogen-bond acceptors (Lipinski definition) is 9. The highest BCUT2D eigenvalue weighted by Crippen LogP contribution is 2.42. The minimum absolute atomic E-state index is 0.0340. The fourth-order valence-corrected chi connectivity index (χ4v) is 8.52. The number of benzene rings is 2. The van der Waals surface area contributed by atoms with Crippen LogP contribution in [0, 0.1) is 18.7 Å². The monoisotopic (exact) mass is 657 g/mol. The van der Waals surface area contributed by atoms with Gasteiger partial charge in [0.05, 0.1) is 29.4 Å². The topological polar surface area (TPSA) is 99.9 Å². The molecule has 0 radical (unpaired) electrons. The first-order valence-electron chi connectivity index (χ1n) is 17.1. The number of aromatic hydroxyl groups is 1. The molecule has 3 atom stereocenters. The van der Waals surface area contributed by atoms with Gasteiger partial charge >= 0.3 is 6.01 Å². The molecule has 8 rings (SSSR count). The van der Waals surface area contributed by atoms with E-state index in [4.69, 9.17) is 14.7 Å². The van der Waals surface area contributed by atoms with Crippen molar-refractivity contribution in [2.45, 2.75) is 70.6 Å². The number of phenols is 1. The van der Waals surface area contributed by atoms with Gasteiger partial charge in [-0.15, -0.1) is 0 Å². The summed E-state index contributed by atoms with van der Waals surface area (Å²) in [7, 11) is 0. The van der Waals surface area contributed by atoms with E-state index in [2.05, 4.69) is 19.8 Å². The van der Waals surface area contributed by atoms with Gasteiger partial charge in [-0.05, 0) is 74.7 Å². The fourth-order valence-electron chi connectivity index (χ4n) is 8.52. The van der Waals surface area contributed by atoms with Crippen LogP contribution < -0.4 is 14.5 Å². The van der Waals surface area contributed by atoms with Crippen molar-refractivity contribution in [1.29, 1.82) is 0 Å². The van der Waals surface area contributed by atoms with Crippen LogP contribution in [0.25, 0.3) is 10.8 Å². The van der Waals surface area contributed by atoms with Crippen molar-refractivity contribution < 1.29 is 23.4 Å². The Balaban J connectivity index is 1.14. The molecule has 0 spiro atoms. The number of carbonyl (C=O) groups excluding carboxylic acids is 1. The van der Waals surface area contributed by atoms with Crippen molar-refractivity contribution in [2.75, 3.05) is 49.1 Å². The van der Waals surface area contributed by atoms with E-state index in [1.54, 1.807) is 24.4 Å². The van der Waals surface area contributed by atoms with Gasteiger partial charge in [0.2, 0.25) is 0 Å². The van der Waals surface area contributed by atoms with Crippen LogP contribution in [0.3, 0.4) is 0 Å². The fraction of sp³-hybridized carbons (Fsp3) is 0.500. The largest absolute Gasteiger partial charge is 0.508 e. The summed E-state index contributed by atoms with van der Waals surface area (Å²) in [6.45, 7) is 7.59. The molecule has 48 heavy (non-hydrogen) atoms. The zero-order valence-electron chi connectivity index (χ0n) is 27.5. The Morgan fingerprint density at radius 2 is 2.00 bits per heavy atom. The highest BCUT2D eigenvalue weighted by molar-refractivity contribution is 5.98. The number of fused-ring (bicyclic) bond motifs is 3. The van der Waals surface area contributed by atoms with Gasteiger partial charge in [-0.3, -0.25) is 9.69 Å². The molecule has 1 unspecified atom stereocenters. The van der Waals surface area contributed by atoms with Gasteiger partial charge in [-0.25, -0.2) is 13.5 Å². The second-order valence-corrected chi connectivity index (χ2v) is 13.9. The SMILES string of the molecule is CCc1c(F)ccc2cc(O)cc(N3CCc4c(nc(OC[C@@]56CCCN5C[C@H](F)C6)nc4N4CCC(C(=O)n5ccc(C)n5)C4)C3)c12. The van der Waals surface area contributed by atoms with Gasteiger partial charge in [-0.2, -0.15) is 15.1 Å². The Bertz CT molecular complexity index is 1900. The van der Waals surface area contributed by atoms with E-state index < -0.39 is 6.17 Å². The molecule has 252 valence electrons. The van der Waals surface area contributed by atoms with E-state index in [1.807, 2.05) is 19.9 Å². The normalized spacial score (nSPS) is 24.0. The van der Waals surface area contributed by atoms with Crippen molar-refractivity contribution >= 4 is 28.2 Å². The number of alkyl halides is 1. The van der Waals surface area contributed by atoms with Crippen molar-refractivity contribution in [2.24, 2.45) is 5.92 Å². The van der Waals surface area contributed by atoms with Gasteiger partial charge in [0.25, 0.3) is 5.91 Å². The Morgan fingerprint density at radius 3 is 2.81 bits per heavy atom. The number of rotatable bonds is 7. The highest BCUT2D eigenvalue weighted by Gasteiger charge is 2.49. The number of carbonyl (C=O) groups is 1. The predicted octanol–water partition coefficient (Wildman–Crippen LogP) is 5.23. The number of ether oxygens (including phenoxy) is 1. The lowest BCUT2D eigenvalue weighted by Crippen LogP contribution is -2.43. The lowest BCUT2D eigenvalue weighted by Gasteiger charge is -2.34. The molecule has 0 aliphatic carbocycles. The minimum Gasteiger partial charge on any atom is -0.508 e. The third-order valence-corrected chi connectivity index (χ3v) is 10.9. The maximum Gasteiger partial charge on any atom is 0.318 e. The summed E-state index contributed by atoms with van der Waals surface area (Å²) in [6.07, 6.45) is 4.99. The van der Waals surface area contributed by atoms with Gasteiger partial charge in [0.1, 0.15) is 30.2 Å². The van der Waals surface area contributed by atoms with Crippen molar-refractivity contribution in [3.63, 3.8) is 0 Å². The van der Waals surface area contributed by atoms with Gasteiger partial charge in [-0.1, -0.05) is 13.0 Å². The molecule has 1 N–H and O–H groups in total. The number of hydrogen-bond donors (Lipinski definition) is 1. The average molecular weight is 658 g/mol. The Morgan fingerprint density at radius 1 is 1.12 bits per heavy atom. The van der Waals surface area contributed by atoms with E-state index >= 15 is 4.39 Å². The van der Waals surface area contributed by atoms with E-state index in [0.29, 0.717) is 70.6 Å². The van der Waals surface area contributed by atoms with Crippen molar-refractivity contribution in [3.05, 3.63) is 64.9 Å². The lowest BCUT2D eigenvalue weighted by molar-refractivity contribution is 0.0829. The van der Waals surface area contributed by atoms with Gasteiger partial charge in [0.15, 0.2) is 0 Å². The molecule has 3 saturated heterocycles. The number of halogens is 2. The van der Waals surface area contributed by atoms with Crippen LogP contribution in [0.2, 0.25) is 0 Å². The molecule has 0 bridgehead atoms. The summed E-state index contributed by atoms with van der Waals surface area (Å²) in [5, 5.41) is 16.6. The number of nitrogens with zero attached hydrogens (tertiary/aromatic N) is 7. The minimum atomic E-state index is -0.866. The van der Waals surface area contributed by atoms with E-state index in [0.717, 1.165) is 58.6 Å². The van der Waals surface area contributed by atoms with Gasteiger partial charge in [0, 0.05) is 61.5 Å². The first-order chi connectivity index (χ1) is 23.2. The van der Waals surface area contributed by atoms with Crippen LogP contribution >= 0.6 is 0 Å². The first-order valence-corrected chi connectivity index (χ1v) is 17.1. The van der Waals surface area contributed by atoms with Crippen LogP contribution in [-0.2, 0) is 19.4 Å². The summed E-state index contributed by atoms with van der Waals surface area (Å²) in [5.74, 6) is 0.353. The molecular formula is C36H41F2N7O3.